The summed E-state index contributed by atoms with van der Waals surface area (Å²) < 4.78 is 0. The van der Waals surface area contributed by atoms with Crippen molar-refractivity contribution in [1.29, 1.82) is 0 Å². The van der Waals surface area contributed by atoms with E-state index in [2.05, 4.69) is 36.1 Å². The average molecular weight is 253 g/mol. The number of nitrogens with zero attached hydrogens (tertiary/aromatic N) is 2. The summed E-state index contributed by atoms with van der Waals surface area (Å²) in [5.41, 5.74) is 0. The molecule has 0 aromatic rings. The van der Waals surface area contributed by atoms with Gasteiger partial charge in [0, 0.05) is 25.2 Å². The lowest BCUT2D eigenvalue weighted by molar-refractivity contribution is 0.116. The monoisotopic (exact) mass is 253 g/mol. The van der Waals surface area contributed by atoms with E-state index in [-0.39, 0.29) is 0 Å². The molecule has 2 rings (SSSR count). The summed E-state index contributed by atoms with van der Waals surface area (Å²) in [5.74, 6) is 0.993. The Labute approximate surface area is 113 Å². The van der Waals surface area contributed by atoms with E-state index in [0.29, 0.717) is 0 Å². The van der Waals surface area contributed by atoms with E-state index in [4.69, 9.17) is 0 Å². The van der Waals surface area contributed by atoms with Crippen molar-refractivity contribution in [2.45, 2.75) is 51.1 Å². The Morgan fingerprint density at radius 1 is 1.22 bits per heavy atom. The van der Waals surface area contributed by atoms with Gasteiger partial charge in [0.1, 0.15) is 0 Å². The minimum Gasteiger partial charge on any atom is -0.311 e. The molecule has 3 nitrogen and oxygen atoms in total. The maximum atomic E-state index is 3.77. The fraction of sp³-hybridized carbons (Fsp3) is 1.00. The van der Waals surface area contributed by atoms with Gasteiger partial charge in [-0.2, -0.15) is 0 Å². The third-order valence-electron chi connectivity index (χ3n) is 4.53. The number of nitrogens with one attached hydrogen (secondary N) is 1. The molecule has 0 spiro atoms. The van der Waals surface area contributed by atoms with Gasteiger partial charge in [-0.3, -0.25) is 4.90 Å². The van der Waals surface area contributed by atoms with Crippen LogP contribution in [-0.4, -0.2) is 62.2 Å². The normalized spacial score (nSPS) is 30.0. The first kappa shape index (κ1) is 14.3. The van der Waals surface area contributed by atoms with Gasteiger partial charge in [-0.25, -0.2) is 0 Å². The second-order valence-corrected chi connectivity index (χ2v) is 6.42. The zero-order valence-electron chi connectivity index (χ0n) is 12.5. The van der Waals surface area contributed by atoms with Gasteiger partial charge in [0.2, 0.25) is 0 Å². The minimum atomic E-state index is 0.777. The molecule has 0 aromatic heterocycles. The van der Waals surface area contributed by atoms with Crippen molar-refractivity contribution in [3.05, 3.63) is 0 Å². The fourth-order valence-corrected chi connectivity index (χ4v) is 3.12. The highest BCUT2D eigenvalue weighted by atomic mass is 15.2. The summed E-state index contributed by atoms with van der Waals surface area (Å²) in [6.07, 6.45) is 6.90. The molecule has 1 aliphatic heterocycles. The lowest BCUT2D eigenvalue weighted by Gasteiger charge is -2.40. The second-order valence-electron chi connectivity index (χ2n) is 6.42. The molecule has 3 heteroatoms. The van der Waals surface area contributed by atoms with E-state index in [1.807, 2.05) is 0 Å². The number of rotatable bonds is 7. The van der Waals surface area contributed by atoms with Gasteiger partial charge in [0.15, 0.2) is 0 Å². The van der Waals surface area contributed by atoms with Crippen LogP contribution in [0.5, 0.6) is 0 Å². The maximum Gasteiger partial charge on any atom is 0.0224 e. The summed E-state index contributed by atoms with van der Waals surface area (Å²) in [7, 11) is 4.34. The second kappa shape index (κ2) is 6.88. The van der Waals surface area contributed by atoms with Crippen LogP contribution < -0.4 is 5.32 Å². The quantitative estimate of drug-likeness (QED) is 0.698. The topological polar surface area (TPSA) is 18.5 Å². The Morgan fingerprint density at radius 2 is 2.00 bits per heavy atom. The van der Waals surface area contributed by atoms with Crippen molar-refractivity contribution in [1.82, 2.24) is 15.1 Å². The van der Waals surface area contributed by atoms with E-state index in [0.717, 1.165) is 18.0 Å². The molecule has 2 fully saturated rings. The van der Waals surface area contributed by atoms with Crippen LogP contribution in [0, 0.1) is 5.92 Å². The van der Waals surface area contributed by atoms with Crippen molar-refractivity contribution in [2.75, 3.05) is 40.3 Å². The van der Waals surface area contributed by atoms with Gasteiger partial charge < -0.3 is 10.2 Å². The third kappa shape index (κ3) is 4.22. The number of hydrogen-bond acceptors (Lipinski definition) is 3. The van der Waals surface area contributed by atoms with Crippen LogP contribution in [0.1, 0.15) is 39.0 Å². The van der Waals surface area contributed by atoms with Crippen molar-refractivity contribution >= 4 is 0 Å². The molecule has 1 aliphatic carbocycles. The standard InChI is InChI=1S/C15H31N3/c1-4-14-11-16-15(13-7-8-13)12-18(14)10-6-5-9-17(2)3/h13-16H,4-12H2,1-3H3. The predicted octanol–water partition coefficient (Wildman–Crippen LogP) is 1.79. The molecule has 18 heavy (non-hydrogen) atoms. The van der Waals surface area contributed by atoms with Crippen molar-refractivity contribution < 1.29 is 0 Å². The molecule has 1 saturated carbocycles. The molecule has 106 valence electrons. The van der Waals surface area contributed by atoms with Crippen molar-refractivity contribution in [3.8, 4) is 0 Å². The first-order chi connectivity index (χ1) is 8.70. The molecule has 1 N–H and O–H groups in total. The molecule has 0 aromatic carbocycles. The SMILES string of the molecule is CCC1CNC(C2CC2)CN1CCCCN(C)C. The number of hydrogen-bond donors (Lipinski definition) is 1. The number of unbranched alkanes of at least 4 members (excludes halogenated alkanes) is 1. The van der Waals surface area contributed by atoms with E-state index in [1.165, 1.54) is 58.3 Å². The average Bonchev–Trinajstić information content (AvgIpc) is 3.18. The van der Waals surface area contributed by atoms with Gasteiger partial charge in [0.25, 0.3) is 0 Å². The molecule has 2 atom stereocenters. The third-order valence-corrected chi connectivity index (χ3v) is 4.53. The van der Waals surface area contributed by atoms with Crippen LogP contribution in [0.25, 0.3) is 0 Å². The molecule has 0 amide bonds. The maximum absolute atomic E-state index is 3.77. The van der Waals surface area contributed by atoms with Crippen LogP contribution in [0.3, 0.4) is 0 Å². The highest BCUT2D eigenvalue weighted by molar-refractivity contribution is 4.94. The lowest BCUT2D eigenvalue weighted by atomic mass is 10.0. The van der Waals surface area contributed by atoms with Crippen molar-refractivity contribution in [2.24, 2.45) is 5.92 Å². The highest BCUT2D eigenvalue weighted by Gasteiger charge is 2.36. The van der Waals surface area contributed by atoms with Gasteiger partial charge in [-0.15, -0.1) is 0 Å². The predicted molar refractivity (Wildman–Crippen MR) is 78.0 cm³/mol. The smallest absolute Gasteiger partial charge is 0.0224 e. The summed E-state index contributed by atoms with van der Waals surface area (Å²) in [6.45, 7) is 7.37. The molecular weight excluding hydrogens is 222 g/mol. The van der Waals surface area contributed by atoms with Gasteiger partial charge >= 0.3 is 0 Å². The van der Waals surface area contributed by atoms with Crippen LogP contribution in [0.2, 0.25) is 0 Å². The van der Waals surface area contributed by atoms with Crippen molar-refractivity contribution in [3.63, 3.8) is 0 Å². The fourth-order valence-electron chi connectivity index (χ4n) is 3.12. The molecular formula is C15H31N3. The Hall–Kier alpha value is -0.120. The minimum absolute atomic E-state index is 0.777. The van der Waals surface area contributed by atoms with Crippen LogP contribution in [0.4, 0.5) is 0 Å². The Kier molecular flexibility index (Phi) is 5.46. The molecule has 2 aliphatic rings. The van der Waals surface area contributed by atoms with Gasteiger partial charge in [0.05, 0.1) is 0 Å². The summed E-state index contributed by atoms with van der Waals surface area (Å²) in [6, 6.07) is 1.57. The summed E-state index contributed by atoms with van der Waals surface area (Å²) in [4.78, 5) is 5.05. The molecule has 0 bridgehead atoms. The molecule has 2 unspecified atom stereocenters. The van der Waals surface area contributed by atoms with Gasteiger partial charge in [-0.05, 0) is 65.2 Å². The Bertz CT molecular complexity index is 238. The largest absolute Gasteiger partial charge is 0.311 e. The zero-order chi connectivity index (χ0) is 13.0. The van der Waals surface area contributed by atoms with Crippen LogP contribution >= 0.6 is 0 Å². The first-order valence-electron chi connectivity index (χ1n) is 7.83. The van der Waals surface area contributed by atoms with E-state index >= 15 is 0 Å². The molecule has 1 saturated heterocycles. The lowest BCUT2D eigenvalue weighted by Crippen LogP contribution is -2.57. The zero-order valence-corrected chi connectivity index (χ0v) is 12.5. The van der Waals surface area contributed by atoms with Crippen LogP contribution in [0.15, 0.2) is 0 Å². The Morgan fingerprint density at radius 3 is 2.61 bits per heavy atom. The van der Waals surface area contributed by atoms with E-state index < -0.39 is 0 Å². The van der Waals surface area contributed by atoms with Gasteiger partial charge in [-0.1, -0.05) is 6.92 Å². The molecule has 0 radical (unpaired) electrons. The van der Waals surface area contributed by atoms with Crippen LogP contribution in [-0.2, 0) is 0 Å². The summed E-state index contributed by atoms with van der Waals surface area (Å²) in [5, 5.41) is 3.77. The number of piperazine rings is 1. The van der Waals surface area contributed by atoms with E-state index in [1.54, 1.807) is 0 Å². The highest BCUT2D eigenvalue weighted by Crippen LogP contribution is 2.34. The Balaban J connectivity index is 1.71. The molecule has 1 heterocycles. The first-order valence-corrected chi connectivity index (χ1v) is 7.83. The van der Waals surface area contributed by atoms with E-state index in [9.17, 15) is 0 Å². The summed E-state index contributed by atoms with van der Waals surface area (Å²) >= 11 is 0.